The van der Waals surface area contributed by atoms with Gasteiger partial charge in [0.2, 0.25) is 0 Å². The highest BCUT2D eigenvalue weighted by Crippen LogP contribution is 2.22. The molecule has 21 heavy (non-hydrogen) atoms. The first-order chi connectivity index (χ1) is 10.0. The molecule has 0 heterocycles. The van der Waals surface area contributed by atoms with E-state index in [0.717, 1.165) is 10.0 Å². The Morgan fingerprint density at radius 2 is 2.05 bits per heavy atom. The molecular weight excluding hydrogens is 352 g/mol. The van der Waals surface area contributed by atoms with Gasteiger partial charge in [0.05, 0.1) is 0 Å². The number of hydrogen-bond acceptors (Lipinski definition) is 2. The molecule has 0 fully saturated rings. The molecule has 0 spiro atoms. The van der Waals surface area contributed by atoms with Gasteiger partial charge in [-0.15, -0.1) is 0 Å². The van der Waals surface area contributed by atoms with Gasteiger partial charge in [0.25, 0.3) is 5.91 Å². The summed E-state index contributed by atoms with van der Waals surface area (Å²) in [6, 6.07) is 12.7. The molecule has 0 aliphatic heterocycles. The maximum Gasteiger partial charge on any atom is 0.254 e. The molecule has 0 aliphatic rings. The molecule has 110 valence electrons. The molecule has 0 bridgehead atoms. The Hall–Kier alpha value is -1.52. The van der Waals surface area contributed by atoms with Crippen LogP contribution in [0, 0.1) is 0 Å². The van der Waals surface area contributed by atoms with Crippen LogP contribution in [0.5, 0.6) is 0 Å². The average Bonchev–Trinajstić information content (AvgIpc) is 2.47. The van der Waals surface area contributed by atoms with Crippen molar-refractivity contribution in [3.63, 3.8) is 0 Å². The molecule has 5 heteroatoms. The summed E-state index contributed by atoms with van der Waals surface area (Å²) in [7, 11) is 0. The van der Waals surface area contributed by atoms with Crippen LogP contribution >= 0.6 is 27.5 Å². The van der Waals surface area contributed by atoms with E-state index in [-0.39, 0.29) is 5.91 Å². The van der Waals surface area contributed by atoms with Gasteiger partial charge in [-0.1, -0.05) is 23.7 Å². The maximum absolute atomic E-state index is 12.6. The van der Waals surface area contributed by atoms with Gasteiger partial charge in [-0.05, 0) is 58.7 Å². The Balaban J connectivity index is 2.20. The Labute approximate surface area is 137 Å². The summed E-state index contributed by atoms with van der Waals surface area (Å²) in [6.07, 6.45) is 0. The number of halogens is 2. The number of carbonyl (C=O) groups excluding carboxylic acids is 1. The van der Waals surface area contributed by atoms with E-state index in [1.807, 2.05) is 31.2 Å². The van der Waals surface area contributed by atoms with Crippen LogP contribution in [-0.2, 0) is 6.54 Å². The van der Waals surface area contributed by atoms with Crippen molar-refractivity contribution in [1.82, 2.24) is 4.90 Å². The van der Waals surface area contributed by atoms with Gasteiger partial charge in [-0.25, -0.2) is 0 Å². The van der Waals surface area contributed by atoms with E-state index in [1.54, 1.807) is 23.1 Å². The number of hydrogen-bond donors (Lipinski definition) is 1. The molecule has 0 radical (unpaired) electrons. The quantitative estimate of drug-likeness (QED) is 0.817. The van der Waals surface area contributed by atoms with E-state index in [9.17, 15) is 4.79 Å². The molecule has 2 aromatic rings. The van der Waals surface area contributed by atoms with E-state index in [0.29, 0.717) is 29.4 Å². The number of rotatable bonds is 4. The van der Waals surface area contributed by atoms with Crippen LogP contribution in [-0.4, -0.2) is 17.4 Å². The molecule has 3 nitrogen and oxygen atoms in total. The van der Waals surface area contributed by atoms with E-state index in [2.05, 4.69) is 15.9 Å². The van der Waals surface area contributed by atoms with Crippen LogP contribution in [0.1, 0.15) is 22.8 Å². The molecule has 2 N–H and O–H groups in total. The van der Waals surface area contributed by atoms with Crippen molar-refractivity contribution in [2.24, 2.45) is 0 Å². The maximum atomic E-state index is 12.6. The van der Waals surface area contributed by atoms with Crippen LogP contribution in [0.4, 0.5) is 5.69 Å². The van der Waals surface area contributed by atoms with E-state index in [4.69, 9.17) is 17.3 Å². The molecule has 0 unspecified atom stereocenters. The van der Waals surface area contributed by atoms with Crippen LogP contribution in [0.2, 0.25) is 5.02 Å². The van der Waals surface area contributed by atoms with Gasteiger partial charge >= 0.3 is 0 Å². The predicted molar refractivity (Wildman–Crippen MR) is 90.4 cm³/mol. The number of anilines is 1. The summed E-state index contributed by atoms with van der Waals surface area (Å²) in [5.41, 5.74) is 7.98. The van der Waals surface area contributed by atoms with E-state index < -0.39 is 0 Å². The summed E-state index contributed by atoms with van der Waals surface area (Å²) in [5, 5.41) is 0.672. The minimum atomic E-state index is -0.0295. The van der Waals surface area contributed by atoms with Crippen LogP contribution < -0.4 is 5.73 Å². The molecule has 2 aromatic carbocycles. The normalized spacial score (nSPS) is 10.4. The summed E-state index contributed by atoms with van der Waals surface area (Å²) in [6.45, 7) is 3.10. The standard InChI is InChI=1S/C16H16BrClN2O/c1-2-20(10-11-4-3-5-13(18)8-11)16(21)12-6-7-15(19)14(17)9-12/h3-9H,2,10,19H2,1H3. The second kappa shape index (κ2) is 6.96. The number of nitrogen functional groups attached to an aromatic ring is 1. The highest BCUT2D eigenvalue weighted by Gasteiger charge is 2.15. The minimum Gasteiger partial charge on any atom is -0.398 e. The van der Waals surface area contributed by atoms with E-state index in [1.165, 1.54) is 0 Å². The van der Waals surface area contributed by atoms with Crippen LogP contribution in [0.15, 0.2) is 46.9 Å². The highest BCUT2D eigenvalue weighted by molar-refractivity contribution is 9.10. The fourth-order valence-electron chi connectivity index (χ4n) is 2.03. The minimum absolute atomic E-state index is 0.0295. The van der Waals surface area contributed by atoms with Gasteiger partial charge in [0.1, 0.15) is 0 Å². The Kier molecular flexibility index (Phi) is 5.26. The Morgan fingerprint density at radius 1 is 1.29 bits per heavy atom. The van der Waals surface area contributed by atoms with Crippen molar-refractivity contribution < 1.29 is 4.79 Å². The SMILES string of the molecule is CCN(Cc1cccc(Cl)c1)C(=O)c1ccc(N)c(Br)c1. The third-order valence-corrected chi connectivity index (χ3v) is 4.10. The monoisotopic (exact) mass is 366 g/mol. The molecule has 0 aliphatic carbocycles. The number of nitrogens with two attached hydrogens (primary N) is 1. The summed E-state index contributed by atoms with van der Waals surface area (Å²) in [5.74, 6) is -0.0295. The average molecular weight is 368 g/mol. The van der Waals surface area contributed by atoms with Crippen molar-refractivity contribution in [2.75, 3.05) is 12.3 Å². The zero-order chi connectivity index (χ0) is 15.4. The first kappa shape index (κ1) is 15.9. The fourth-order valence-corrected chi connectivity index (χ4v) is 2.62. The molecule has 1 amide bonds. The lowest BCUT2D eigenvalue weighted by Gasteiger charge is -2.21. The topological polar surface area (TPSA) is 46.3 Å². The fraction of sp³-hybridized carbons (Fsp3) is 0.188. The number of nitrogens with zero attached hydrogens (tertiary/aromatic N) is 1. The van der Waals surface area contributed by atoms with E-state index >= 15 is 0 Å². The zero-order valence-electron chi connectivity index (χ0n) is 11.6. The lowest BCUT2D eigenvalue weighted by atomic mass is 10.1. The van der Waals surface area contributed by atoms with Crippen LogP contribution in [0.25, 0.3) is 0 Å². The highest BCUT2D eigenvalue weighted by atomic mass is 79.9. The predicted octanol–water partition coefficient (Wildman–Crippen LogP) is 4.35. The molecule has 0 saturated carbocycles. The molecule has 0 atom stereocenters. The van der Waals surface area contributed by atoms with Crippen molar-refractivity contribution in [3.05, 3.63) is 63.1 Å². The van der Waals surface area contributed by atoms with Crippen molar-refractivity contribution in [1.29, 1.82) is 0 Å². The molecule has 0 aromatic heterocycles. The van der Waals surface area contributed by atoms with Gasteiger partial charge in [-0.2, -0.15) is 0 Å². The first-order valence-electron chi connectivity index (χ1n) is 6.60. The van der Waals surface area contributed by atoms with Crippen LogP contribution in [0.3, 0.4) is 0 Å². The van der Waals surface area contributed by atoms with Gasteiger partial charge in [0, 0.05) is 33.8 Å². The van der Waals surface area contributed by atoms with Crippen molar-refractivity contribution in [3.8, 4) is 0 Å². The first-order valence-corrected chi connectivity index (χ1v) is 7.77. The Morgan fingerprint density at radius 3 is 2.67 bits per heavy atom. The molecule has 2 rings (SSSR count). The number of amides is 1. The van der Waals surface area contributed by atoms with Gasteiger partial charge < -0.3 is 10.6 Å². The largest absolute Gasteiger partial charge is 0.398 e. The van der Waals surface area contributed by atoms with Gasteiger partial charge in [-0.3, -0.25) is 4.79 Å². The van der Waals surface area contributed by atoms with Crippen molar-refractivity contribution >= 4 is 39.1 Å². The summed E-state index contributed by atoms with van der Waals surface area (Å²) < 4.78 is 0.729. The van der Waals surface area contributed by atoms with Crippen molar-refractivity contribution in [2.45, 2.75) is 13.5 Å². The lowest BCUT2D eigenvalue weighted by molar-refractivity contribution is 0.0752. The number of carbonyl (C=O) groups is 1. The lowest BCUT2D eigenvalue weighted by Crippen LogP contribution is -2.30. The number of benzene rings is 2. The summed E-state index contributed by atoms with van der Waals surface area (Å²) >= 11 is 9.33. The molecular formula is C16H16BrClN2O. The molecule has 0 saturated heterocycles. The smallest absolute Gasteiger partial charge is 0.254 e. The second-order valence-corrected chi connectivity index (χ2v) is 5.98. The third-order valence-electron chi connectivity index (χ3n) is 3.18. The summed E-state index contributed by atoms with van der Waals surface area (Å²) in [4.78, 5) is 14.3. The second-order valence-electron chi connectivity index (χ2n) is 4.69. The Bertz CT molecular complexity index is 660. The third kappa shape index (κ3) is 3.99. The zero-order valence-corrected chi connectivity index (χ0v) is 14.0. The van der Waals surface area contributed by atoms with Gasteiger partial charge in [0.15, 0.2) is 0 Å².